The molecule has 244 valence electrons. The van der Waals surface area contributed by atoms with Crippen molar-refractivity contribution in [3.05, 3.63) is 71.3 Å². The molecule has 0 spiro atoms. The van der Waals surface area contributed by atoms with Crippen LogP contribution < -0.4 is 5.32 Å². The van der Waals surface area contributed by atoms with Crippen molar-refractivity contribution in [3.63, 3.8) is 0 Å². The lowest BCUT2D eigenvalue weighted by Gasteiger charge is -2.23. The van der Waals surface area contributed by atoms with Crippen molar-refractivity contribution in [1.82, 2.24) is 29.5 Å². The van der Waals surface area contributed by atoms with Crippen molar-refractivity contribution >= 4 is 21.3 Å². The Balaban J connectivity index is 1.31. The zero-order valence-electron chi connectivity index (χ0n) is 26.9. The summed E-state index contributed by atoms with van der Waals surface area (Å²) in [5.74, 6) is 1.92. The van der Waals surface area contributed by atoms with Gasteiger partial charge in [0.05, 0.1) is 39.3 Å². The average Bonchev–Trinajstić information content (AvgIpc) is 3.85. The van der Waals surface area contributed by atoms with Crippen LogP contribution in [0.4, 0.5) is 5.82 Å². The largest absolute Gasteiger partial charge is 0.421 e. The fraction of sp³-hybridized carbons (Fsp3) is 0.457. The van der Waals surface area contributed by atoms with E-state index in [0.29, 0.717) is 46.4 Å². The van der Waals surface area contributed by atoms with Gasteiger partial charge in [-0.05, 0) is 74.1 Å². The highest BCUT2D eigenvalue weighted by atomic mass is 32.2. The van der Waals surface area contributed by atoms with Crippen molar-refractivity contribution in [2.75, 3.05) is 24.3 Å². The van der Waals surface area contributed by atoms with Crippen LogP contribution in [0.1, 0.15) is 80.0 Å². The Kier molecular flexibility index (Phi) is 7.59. The predicted molar refractivity (Wildman–Crippen MR) is 177 cm³/mol. The first-order chi connectivity index (χ1) is 22.8. The van der Waals surface area contributed by atoms with Crippen LogP contribution in [0.15, 0.2) is 52.0 Å². The number of rotatable bonds is 8. The second-order valence-electron chi connectivity index (χ2n) is 13.4. The van der Waals surface area contributed by atoms with Gasteiger partial charge in [-0.3, -0.25) is 14.4 Å². The van der Waals surface area contributed by atoms with Gasteiger partial charge in [-0.2, -0.15) is 0 Å². The Morgan fingerprint density at radius 1 is 1.04 bits per heavy atom. The van der Waals surface area contributed by atoms with Crippen LogP contribution in [0, 0.1) is 18.8 Å². The van der Waals surface area contributed by atoms with E-state index in [4.69, 9.17) is 19.1 Å². The van der Waals surface area contributed by atoms with Gasteiger partial charge in [0.1, 0.15) is 11.5 Å². The van der Waals surface area contributed by atoms with Crippen LogP contribution in [0.5, 0.6) is 0 Å². The van der Waals surface area contributed by atoms with Gasteiger partial charge < -0.3 is 14.5 Å². The molecule has 1 fully saturated rings. The predicted octanol–water partition coefficient (Wildman–Crippen LogP) is 6.14. The van der Waals surface area contributed by atoms with Gasteiger partial charge in [-0.15, -0.1) is 10.2 Å². The lowest BCUT2D eigenvalue weighted by atomic mass is 9.89. The highest BCUT2D eigenvalue weighted by Gasteiger charge is 2.43. The Hall–Kier alpha value is -4.16. The smallest absolute Gasteiger partial charge is 0.250 e. The molecular formula is C35H39N7O4S. The number of ether oxygens (including phenoxy) is 1. The molecule has 5 aromatic rings. The summed E-state index contributed by atoms with van der Waals surface area (Å²) in [5, 5.41) is 12.3. The molecule has 0 unspecified atom stereocenters. The molecule has 2 atom stereocenters. The minimum Gasteiger partial charge on any atom is -0.421 e. The molecule has 5 aromatic heterocycles. The first-order valence-electron chi connectivity index (χ1n) is 16.6. The van der Waals surface area contributed by atoms with Crippen LogP contribution in [-0.4, -0.2) is 56.9 Å². The van der Waals surface area contributed by atoms with E-state index in [1.807, 2.05) is 41.1 Å². The molecule has 12 heteroatoms. The maximum absolute atomic E-state index is 14.1. The third-order valence-electron chi connectivity index (χ3n) is 10.0. The van der Waals surface area contributed by atoms with E-state index in [0.717, 1.165) is 62.5 Å². The zero-order valence-corrected chi connectivity index (χ0v) is 27.8. The number of aromatic nitrogens is 6. The van der Waals surface area contributed by atoms with Crippen molar-refractivity contribution in [2.45, 2.75) is 76.2 Å². The van der Waals surface area contributed by atoms with E-state index in [1.165, 1.54) is 5.56 Å². The molecule has 1 N–H and O–H groups in total. The van der Waals surface area contributed by atoms with E-state index >= 15 is 0 Å². The number of hydrogen-bond acceptors (Lipinski definition) is 10. The Morgan fingerprint density at radius 3 is 2.68 bits per heavy atom. The number of nitrogens with zero attached hydrogens (tertiary/aromatic N) is 6. The molecule has 3 aliphatic rings. The second-order valence-corrected chi connectivity index (χ2v) is 15.4. The molecule has 2 aliphatic heterocycles. The maximum atomic E-state index is 14.1. The van der Waals surface area contributed by atoms with Gasteiger partial charge in [0.25, 0.3) is 0 Å². The Labute approximate surface area is 274 Å². The van der Waals surface area contributed by atoms with Crippen molar-refractivity contribution in [1.29, 1.82) is 0 Å². The molecule has 1 aliphatic carbocycles. The van der Waals surface area contributed by atoms with E-state index in [9.17, 15) is 8.42 Å². The minimum atomic E-state index is -3.69. The summed E-state index contributed by atoms with van der Waals surface area (Å²) in [4.78, 5) is 15.1. The van der Waals surface area contributed by atoms with E-state index < -0.39 is 9.84 Å². The number of imidazole rings is 1. The Morgan fingerprint density at radius 2 is 1.89 bits per heavy atom. The molecule has 0 radical (unpaired) electrons. The quantitative estimate of drug-likeness (QED) is 0.208. The van der Waals surface area contributed by atoms with Crippen molar-refractivity contribution in [2.24, 2.45) is 11.8 Å². The third kappa shape index (κ3) is 5.41. The number of pyridine rings is 3. The summed E-state index contributed by atoms with van der Waals surface area (Å²) in [7, 11) is -3.69. The van der Waals surface area contributed by atoms with E-state index in [-0.39, 0.29) is 34.4 Å². The number of aryl methyl sites for hydroxylation is 3. The molecular weight excluding hydrogens is 614 g/mol. The van der Waals surface area contributed by atoms with Gasteiger partial charge in [0.2, 0.25) is 11.8 Å². The highest BCUT2D eigenvalue weighted by Crippen LogP contribution is 2.48. The fourth-order valence-electron chi connectivity index (χ4n) is 7.53. The van der Waals surface area contributed by atoms with Crippen molar-refractivity contribution in [3.8, 4) is 22.7 Å². The van der Waals surface area contributed by atoms with Gasteiger partial charge in [-0.1, -0.05) is 26.0 Å². The first-order valence-corrected chi connectivity index (χ1v) is 18.3. The molecule has 0 bridgehead atoms. The molecule has 1 saturated heterocycles. The van der Waals surface area contributed by atoms with Gasteiger partial charge >= 0.3 is 0 Å². The third-order valence-corrected chi connectivity index (χ3v) is 11.9. The zero-order chi connectivity index (χ0) is 32.3. The van der Waals surface area contributed by atoms with Gasteiger partial charge in [-0.25, -0.2) is 13.4 Å². The van der Waals surface area contributed by atoms with Crippen LogP contribution in [0.25, 0.3) is 28.4 Å². The topological polar surface area (TPSA) is 137 Å². The first kappa shape index (κ1) is 30.2. The van der Waals surface area contributed by atoms with Crippen LogP contribution in [0.3, 0.4) is 0 Å². The summed E-state index contributed by atoms with van der Waals surface area (Å²) in [6.45, 7) is 7.39. The summed E-state index contributed by atoms with van der Waals surface area (Å²) in [6, 6.07) is 10.2. The molecule has 0 saturated carbocycles. The van der Waals surface area contributed by atoms with E-state index in [1.54, 1.807) is 6.92 Å². The normalized spacial score (nSPS) is 20.6. The Bertz CT molecular complexity index is 2080. The monoisotopic (exact) mass is 653 g/mol. The number of nitrogens with one attached hydrogen (secondary N) is 1. The van der Waals surface area contributed by atoms with Crippen LogP contribution >= 0.6 is 0 Å². The molecule has 47 heavy (non-hydrogen) atoms. The van der Waals surface area contributed by atoms with E-state index in [2.05, 4.69) is 40.4 Å². The molecule has 0 amide bonds. The summed E-state index contributed by atoms with van der Waals surface area (Å²) in [5.41, 5.74) is 6.04. The van der Waals surface area contributed by atoms with Crippen LogP contribution in [-0.2, 0) is 27.4 Å². The van der Waals surface area contributed by atoms with Crippen LogP contribution in [0.2, 0.25) is 0 Å². The number of hydrogen-bond donors (Lipinski definition) is 1. The summed E-state index contributed by atoms with van der Waals surface area (Å²) in [6.07, 6.45) is 9.19. The molecule has 0 aromatic carbocycles. The standard InChI is InChI=1S/C35H39N7O4S/c1-20(2)24-19-47(43,44)34-31(32(35-41-40-21(3)46-35)27(39-33(24)34)10-9-22-13-16-45-17-14-22)28-18-42-29(7-4-8-30(42)38-28)37-26-12-11-25-23(26)6-5-15-36-25/h4-8,15,18,20,22,24,26,37H,9-14,16-17,19H2,1-3H3/t24-,26+/m0/s1. The van der Waals surface area contributed by atoms with Gasteiger partial charge in [0.15, 0.2) is 9.84 Å². The van der Waals surface area contributed by atoms with Crippen molar-refractivity contribution < 1.29 is 17.6 Å². The lowest BCUT2D eigenvalue weighted by molar-refractivity contribution is 0.0639. The average molecular weight is 654 g/mol. The number of sulfone groups is 1. The number of anilines is 1. The number of fused-ring (bicyclic) bond motifs is 3. The highest BCUT2D eigenvalue weighted by molar-refractivity contribution is 7.92. The SMILES string of the molecule is Cc1nnc(-c2c(CCC3CCOCC3)nc3c(c2-c2cn4c(N[C@@H]5CCc6ncccc65)cccc4n2)S(=O)(=O)C[C@H]3C(C)C)o1. The minimum absolute atomic E-state index is 0.0149. The van der Waals surface area contributed by atoms with Gasteiger partial charge in [0, 0.05) is 49.7 Å². The summed E-state index contributed by atoms with van der Waals surface area (Å²) >= 11 is 0. The second kappa shape index (κ2) is 11.8. The summed E-state index contributed by atoms with van der Waals surface area (Å²) < 4.78 is 41.9. The lowest BCUT2D eigenvalue weighted by Crippen LogP contribution is -2.17. The molecule has 11 nitrogen and oxygen atoms in total. The molecule has 8 rings (SSSR count). The fourth-order valence-corrected chi connectivity index (χ4v) is 9.75. The maximum Gasteiger partial charge on any atom is 0.250 e. The molecule has 7 heterocycles.